The summed E-state index contributed by atoms with van der Waals surface area (Å²) in [5.74, 6) is 0.190. The van der Waals surface area contributed by atoms with Crippen LogP contribution in [0.15, 0.2) is 35.7 Å². The third kappa shape index (κ3) is 4.16. The zero-order valence-electron chi connectivity index (χ0n) is 12.7. The molecule has 3 N–H and O–H groups in total. The Morgan fingerprint density at radius 3 is 2.33 bits per heavy atom. The first-order chi connectivity index (χ1) is 9.97. The molecule has 1 aromatic heterocycles. The second-order valence-electron chi connectivity index (χ2n) is 5.59. The maximum absolute atomic E-state index is 11.1. The maximum atomic E-state index is 11.1. The molecule has 0 fully saturated rings. The second-order valence-corrected chi connectivity index (χ2v) is 6.59. The van der Waals surface area contributed by atoms with Gasteiger partial charge in [-0.15, -0.1) is 11.3 Å². The van der Waals surface area contributed by atoms with Gasteiger partial charge in [-0.25, -0.2) is 0 Å². The van der Waals surface area contributed by atoms with Gasteiger partial charge in [-0.1, -0.05) is 38.1 Å². The van der Waals surface area contributed by atoms with Gasteiger partial charge in [0.1, 0.15) is 0 Å². The lowest BCUT2D eigenvalue weighted by Crippen LogP contribution is -2.17. The zero-order chi connectivity index (χ0) is 15.4. The summed E-state index contributed by atoms with van der Waals surface area (Å²) in [6, 6.07) is 10.9. The van der Waals surface area contributed by atoms with Crippen LogP contribution in [0.1, 0.15) is 59.1 Å². The Kier molecular flexibility index (Phi) is 5.15. The van der Waals surface area contributed by atoms with Crippen molar-refractivity contribution >= 4 is 17.2 Å². The molecule has 1 amide bonds. The monoisotopic (exact) mass is 302 g/mol. The van der Waals surface area contributed by atoms with Gasteiger partial charge in [-0.3, -0.25) is 4.79 Å². The minimum Gasteiger partial charge on any atom is -0.366 e. The van der Waals surface area contributed by atoms with Crippen molar-refractivity contribution in [2.45, 2.75) is 39.3 Å². The van der Waals surface area contributed by atoms with Crippen LogP contribution in [0.25, 0.3) is 0 Å². The average molecular weight is 302 g/mol. The number of carbonyl (C=O) groups is 1. The van der Waals surface area contributed by atoms with Crippen LogP contribution < -0.4 is 11.1 Å². The van der Waals surface area contributed by atoms with E-state index in [-0.39, 0.29) is 11.9 Å². The van der Waals surface area contributed by atoms with Gasteiger partial charge >= 0.3 is 0 Å². The zero-order valence-corrected chi connectivity index (χ0v) is 13.5. The lowest BCUT2D eigenvalue weighted by Gasteiger charge is -2.15. The minimum absolute atomic E-state index is 0.269. The molecule has 112 valence electrons. The molecule has 0 saturated heterocycles. The molecule has 0 aliphatic carbocycles. The number of benzene rings is 1. The molecule has 0 radical (unpaired) electrons. The fourth-order valence-corrected chi connectivity index (χ4v) is 2.97. The summed E-state index contributed by atoms with van der Waals surface area (Å²) >= 11 is 1.56. The van der Waals surface area contributed by atoms with Crippen LogP contribution in [-0.2, 0) is 6.54 Å². The van der Waals surface area contributed by atoms with Crippen LogP contribution in [0.5, 0.6) is 0 Å². The van der Waals surface area contributed by atoms with Gasteiger partial charge in [0.15, 0.2) is 0 Å². The van der Waals surface area contributed by atoms with Crippen LogP contribution in [-0.4, -0.2) is 5.91 Å². The Hall–Kier alpha value is -1.65. The number of hydrogen-bond acceptors (Lipinski definition) is 3. The molecule has 0 spiro atoms. The smallest absolute Gasteiger partial charge is 0.249 e. The summed E-state index contributed by atoms with van der Waals surface area (Å²) < 4.78 is 0. The summed E-state index contributed by atoms with van der Waals surface area (Å²) in [7, 11) is 0. The number of hydrogen-bond donors (Lipinski definition) is 2. The van der Waals surface area contributed by atoms with Crippen LogP contribution in [0.3, 0.4) is 0 Å². The fourth-order valence-electron chi connectivity index (χ4n) is 2.14. The highest BCUT2D eigenvalue weighted by molar-refractivity contribution is 7.10. The van der Waals surface area contributed by atoms with E-state index in [4.69, 9.17) is 5.73 Å². The van der Waals surface area contributed by atoms with Gasteiger partial charge in [-0.05, 0) is 30.0 Å². The van der Waals surface area contributed by atoms with Gasteiger partial charge in [0.05, 0.1) is 5.56 Å². The summed E-state index contributed by atoms with van der Waals surface area (Å²) in [6.45, 7) is 7.28. The normalized spacial score (nSPS) is 12.6. The van der Waals surface area contributed by atoms with Crippen molar-refractivity contribution in [2.24, 2.45) is 5.73 Å². The summed E-state index contributed by atoms with van der Waals surface area (Å²) in [5.41, 5.74) is 8.47. The SMILES string of the molecule is CC(C)c1ccc(C(C)NCc2cc(C(N)=O)cs2)cc1. The first kappa shape index (κ1) is 15.7. The molecule has 3 nitrogen and oxygen atoms in total. The van der Waals surface area contributed by atoms with Crippen molar-refractivity contribution in [3.8, 4) is 0 Å². The van der Waals surface area contributed by atoms with Gasteiger partial charge in [0.25, 0.3) is 0 Å². The van der Waals surface area contributed by atoms with Crippen LogP contribution >= 0.6 is 11.3 Å². The molecule has 1 heterocycles. The van der Waals surface area contributed by atoms with E-state index in [9.17, 15) is 4.79 Å². The van der Waals surface area contributed by atoms with Crippen molar-refractivity contribution in [2.75, 3.05) is 0 Å². The van der Waals surface area contributed by atoms with E-state index in [1.165, 1.54) is 11.1 Å². The number of nitrogens with one attached hydrogen (secondary N) is 1. The minimum atomic E-state index is -0.366. The van der Waals surface area contributed by atoms with Crippen LogP contribution in [0.4, 0.5) is 0 Å². The van der Waals surface area contributed by atoms with Gasteiger partial charge < -0.3 is 11.1 Å². The summed E-state index contributed by atoms with van der Waals surface area (Å²) in [5, 5.41) is 5.28. The van der Waals surface area contributed by atoms with Crippen molar-refractivity contribution < 1.29 is 4.79 Å². The van der Waals surface area contributed by atoms with E-state index in [0.717, 1.165) is 11.4 Å². The molecular formula is C17H22N2OS. The lowest BCUT2D eigenvalue weighted by atomic mass is 9.99. The Balaban J connectivity index is 1.94. The van der Waals surface area contributed by atoms with Gasteiger partial charge in [0, 0.05) is 22.8 Å². The third-order valence-electron chi connectivity index (χ3n) is 3.62. The molecule has 1 unspecified atom stereocenters. The summed E-state index contributed by atoms with van der Waals surface area (Å²) in [4.78, 5) is 12.2. The van der Waals surface area contributed by atoms with E-state index in [1.54, 1.807) is 16.7 Å². The molecule has 2 rings (SSSR count). The molecule has 0 aliphatic heterocycles. The predicted octanol–water partition coefficient (Wildman–Crippen LogP) is 3.82. The third-order valence-corrected chi connectivity index (χ3v) is 4.56. The first-order valence-corrected chi connectivity index (χ1v) is 8.05. The number of amides is 1. The number of rotatable bonds is 6. The standard InChI is InChI=1S/C17H22N2OS/c1-11(2)13-4-6-14(7-5-13)12(3)19-9-16-8-15(10-21-16)17(18)20/h4-8,10-12,19H,9H2,1-3H3,(H2,18,20). The molecule has 4 heteroatoms. The highest BCUT2D eigenvalue weighted by Gasteiger charge is 2.08. The van der Waals surface area contributed by atoms with E-state index in [1.807, 2.05) is 6.07 Å². The highest BCUT2D eigenvalue weighted by Crippen LogP contribution is 2.20. The number of carbonyl (C=O) groups excluding carboxylic acids is 1. The Morgan fingerprint density at radius 2 is 1.81 bits per heavy atom. The number of primary amides is 1. The Labute approximate surface area is 130 Å². The largest absolute Gasteiger partial charge is 0.366 e. The Morgan fingerprint density at radius 1 is 1.19 bits per heavy atom. The maximum Gasteiger partial charge on any atom is 0.249 e. The van der Waals surface area contributed by atoms with Crippen molar-refractivity contribution in [3.05, 3.63) is 57.3 Å². The molecule has 21 heavy (non-hydrogen) atoms. The molecule has 2 aromatic rings. The predicted molar refractivity (Wildman–Crippen MR) is 88.6 cm³/mol. The first-order valence-electron chi connectivity index (χ1n) is 7.18. The van der Waals surface area contributed by atoms with Crippen LogP contribution in [0.2, 0.25) is 0 Å². The van der Waals surface area contributed by atoms with Gasteiger partial charge in [0.2, 0.25) is 5.91 Å². The quantitative estimate of drug-likeness (QED) is 0.852. The van der Waals surface area contributed by atoms with Gasteiger partial charge in [-0.2, -0.15) is 0 Å². The lowest BCUT2D eigenvalue weighted by molar-refractivity contribution is 0.100. The molecule has 0 bridgehead atoms. The van der Waals surface area contributed by atoms with Crippen molar-refractivity contribution in [3.63, 3.8) is 0 Å². The number of thiophene rings is 1. The second kappa shape index (κ2) is 6.87. The molecule has 1 aromatic carbocycles. The van der Waals surface area contributed by atoms with Crippen molar-refractivity contribution in [1.29, 1.82) is 0 Å². The molecule has 0 saturated carbocycles. The van der Waals surface area contributed by atoms with E-state index >= 15 is 0 Å². The van der Waals surface area contributed by atoms with E-state index < -0.39 is 0 Å². The fraction of sp³-hybridized carbons (Fsp3) is 0.353. The Bertz CT molecular complexity index is 602. The molecule has 0 aliphatic rings. The topological polar surface area (TPSA) is 55.1 Å². The van der Waals surface area contributed by atoms with E-state index in [0.29, 0.717) is 11.5 Å². The average Bonchev–Trinajstić information content (AvgIpc) is 2.94. The molecule has 1 atom stereocenters. The molecular weight excluding hydrogens is 280 g/mol. The highest BCUT2D eigenvalue weighted by atomic mass is 32.1. The van der Waals surface area contributed by atoms with Crippen LogP contribution in [0, 0.1) is 0 Å². The summed E-state index contributed by atoms with van der Waals surface area (Å²) in [6.07, 6.45) is 0. The van der Waals surface area contributed by atoms with Crippen molar-refractivity contribution in [1.82, 2.24) is 5.32 Å². The van der Waals surface area contributed by atoms with E-state index in [2.05, 4.69) is 50.4 Å². The number of nitrogens with two attached hydrogens (primary N) is 1.